The van der Waals surface area contributed by atoms with Crippen molar-refractivity contribution in [3.63, 3.8) is 0 Å². The van der Waals surface area contributed by atoms with Crippen molar-refractivity contribution in [3.8, 4) is 0 Å². The van der Waals surface area contributed by atoms with Gasteiger partial charge in [-0.15, -0.1) is 0 Å². The number of aromatic amines is 1. The quantitative estimate of drug-likeness (QED) is 0.679. The van der Waals surface area contributed by atoms with Crippen molar-refractivity contribution in [2.75, 3.05) is 5.32 Å². The zero-order valence-corrected chi connectivity index (χ0v) is 14.2. The number of carbonyl (C=O) groups excluding carboxylic acids is 2. The van der Waals surface area contributed by atoms with Gasteiger partial charge in [0.15, 0.2) is 5.82 Å². The van der Waals surface area contributed by atoms with Crippen LogP contribution in [0.3, 0.4) is 0 Å². The zero-order chi connectivity index (χ0) is 17.8. The minimum atomic E-state index is -0.294. The maximum absolute atomic E-state index is 12.4. The van der Waals surface area contributed by atoms with Crippen LogP contribution in [0, 0.1) is 0 Å². The van der Waals surface area contributed by atoms with Crippen LogP contribution in [0.25, 0.3) is 0 Å². The van der Waals surface area contributed by atoms with Crippen molar-refractivity contribution >= 4 is 17.6 Å². The van der Waals surface area contributed by atoms with E-state index < -0.39 is 0 Å². The number of carbonyl (C=O) groups is 2. The molecule has 3 rings (SSSR count). The molecule has 1 aromatic carbocycles. The predicted molar refractivity (Wildman–Crippen MR) is 96.1 cm³/mol. The van der Waals surface area contributed by atoms with Crippen molar-refractivity contribution in [2.45, 2.75) is 38.1 Å². The molecule has 0 spiro atoms. The van der Waals surface area contributed by atoms with Gasteiger partial charge in [-0.1, -0.05) is 30.8 Å². The number of nitrogens with one attached hydrogen (secondary N) is 3. The molecule has 0 unspecified atom stereocenters. The Balaban J connectivity index is 1.57. The van der Waals surface area contributed by atoms with Gasteiger partial charge in [0, 0.05) is 24.2 Å². The van der Waals surface area contributed by atoms with Gasteiger partial charge >= 0.3 is 0 Å². The number of anilines is 1. The molecule has 1 heterocycles. The first kappa shape index (κ1) is 17.0. The summed E-state index contributed by atoms with van der Waals surface area (Å²) in [6, 6.07) is 9.53. The Labute approximate surface area is 146 Å². The molecule has 0 saturated heterocycles. The summed E-state index contributed by atoms with van der Waals surface area (Å²) in [4.78, 5) is 23.6. The number of benzene rings is 1. The molecule has 3 N–H and O–H groups in total. The molecule has 0 bridgehead atoms. The Bertz CT molecular complexity index is 775. The minimum absolute atomic E-state index is 0.0958. The maximum atomic E-state index is 12.4. The molecule has 1 aliphatic rings. The number of amides is 2. The average molecular weight is 338 g/mol. The molecule has 2 aromatic rings. The molecule has 0 radical (unpaired) electrons. The van der Waals surface area contributed by atoms with Gasteiger partial charge in [-0.3, -0.25) is 14.7 Å². The van der Waals surface area contributed by atoms with Gasteiger partial charge < -0.3 is 10.6 Å². The van der Waals surface area contributed by atoms with Crippen LogP contribution in [-0.4, -0.2) is 22.0 Å². The van der Waals surface area contributed by atoms with E-state index in [1.54, 1.807) is 0 Å². The van der Waals surface area contributed by atoms with E-state index in [-0.39, 0.29) is 17.7 Å². The van der Waals surface area contributed by atoms with Crippen molar-refractivity contribution in [1.29, 1.82) is 0 Å². The molecular weight excluding hydrogens is 316 g/mol. The summed E-state index contributed by atoms with van der Waals surface area (Å²) < 4.78 is 0. The summed E-state index contributed by atoms with van der Waals surface area (Å²) in [7, 11) is 0. The lowest BCUT2D eigenvalue weighted by atomic mass is 9.99. The van der Waals surface area contributed by atoms with Crippen molar-refractivity contribution in [3.05, 3.63) is 59.8 Å². The highest BCUT2D eigenvalue weighted by Gasteiger charge is 2.26. The predicted octanol–water partition coefficient (Wildman–Crippen LogP) is 2.83. The number of nitrogens with zero attached hydrogens (tertiary/aromatic N) is 1. The number of H-pyrrole nitrogens is 1. The Morgan fingerprint density at radius 3 is 2.72 bits per heavy atom. The van der Waals surface area contributed by atoms with Gasteiger partial charge in [-0.2, -0.15) is 5.10 Å². The fourth-order valence-corrected chi connectivity index (χ4v) is 2.58. The van der Waals surface area contributed by atoms with E-state index in [0.29, 0.717) is 18.3 Å². The van der Waals surface area contributed by atoms with E-state index in [4.69, 9.17) is 0 Å². The van der Waals surface area contributed by atoms with Crippen molar-refractivity contribution in [1.82, 2.24) is 15.5 Å². The second-order valence-electron chi connectivity index (χ2n) is 6.36. The normalized spacial score (nSPS) is 14.6. The molecule has 1 saturated carbocycles. The van der Waals surface area contributed by atoms with E-state index >= 15 is 0 Å². The number of hydrogen-bond acceptors (Lipinski definition) is 3. The molecule has 0 aliphatic heterocycles. The van der Waals surface area contributed by atoms with Crippen LogP contribution in [0.1, 0.15) is 48.4 Å². The van der Waals surface area contributed by atoms with Crippen LogP contribution >= 0.6 is 0 Å². The summed E-state index contributed by atoms with van der Waals surface area (Å²) in [5, 5.41) is 12.7. The first-order valence-corrected chi connectivity index (χ1v) is 8.42. The fourth-order valence-electron chi connectivity index (χ4n) is 2.58. The summed E-state index contributed by atoms with van der Waals surface area (Å²) in [6.45, 7) is 5.71. The van der Waals surface area contributed by atoms with Crippen LogP contribution in [0.2, 0.25) is 0 Å². The van der Waals surface area contributed by atoms with Crippen LogP contribution in [0.4, 0.5) is 5.82 Å². The maximum Gasteiger partial charge on any atom is 0.243 e. The Hall–Kier alpha value is -2.89. The third-order valence-corrected chi connectivity index (χ3v) is 4.39. The lowest BCUT2D eigenvalue weighted by molar-refractivity contribution is -0.117. The first-order valence-electron chi connectivity index (χ1n) is 8.42. The van der Waals surface area contributed by atoms with Crippen LogP contribution < -0.4 is 10.6 Å². The lowest BCUT2D eigenvalue weighted by Crippen LogP contribution is -2.20. The van der Waals surface area contributed by atoms with E-state index in [1.165, 1.54) is 18.9 Å². The third kappa shape index (κ3) is 4.35. The van der Waals surface area contributed by atoms with E-state index in [1.807, 2.05) is 37.3 Å². The van der Waals surface area contributed by atoms with E-state index in [9.17, 15) is 9.59 Å². The van der Waals surface area contributed by atoms with Crippen LogP contribution in [0.5, 0.6) is 0 Å². The molecule has 130 valence electrons. The molecular formula is C19H22N4O2. The molecule has 6 heteroatoms. The van der Waals surface area contributed by atoms with Gasteiger partial charge in [-0.05, 0) is 37.0 Å². The molecule has 1 atom stereocenters. The smallest absolute Gasteiger partial charge is 0.243 e. The van der Waals surface area contributed by atoms with Crippen LogP contribution in [0.15, 0.2) is 43.0 Å². The van der Waals surface area contributed by atoms with Gasteiger partial charge in [0.1, 0.15) is 0 Å². The van der Waals surface area contributed by atoms with E-state index in [0.717, 1.165) is 16.8 Å². The van der Waals surface area contributed by atoms with Crippen molar-refractivity contribution < 1.29 is 9.59 Å². The van der Waals surface area contributed by atoms with Gasteiger partial charge in [-0.25, -0.2) is 0 Å². The molecule has 1 fully saturated rings. The number of aromatic nitrogens is 2. The highest BCUT2D eigenvalue weighted by Crippen LogP contribution is 2.39. The van der Waals surface area contributed by atoms with Crippen LogP contribution in [-0.2, 0) is 16.1 Å². The number of hydrogen-bond donors (Lipinski definition) is 3. The number of rotatable bonds is 7. The largest absolute Gasteiger partial charge is 0.348 e. The Kier molecular flexibility index (Phi) is 4.97. The highest BCUT2D eigenvalue weighted by molar-refractivity contribution is 5.94. The Morgan fingerprint density at radius 1 is 1.36 bits per heavy atom. The Morgan fingerprint density at radius 2 is 2.08 bits per heavy atom. The second kappa shape index (κ2) is 7.34. The first-order chi connectivity index (χ1) is 12.1. The molecule has 1 aliphatic carbocycles. The standard InChI is InChI=1S/C19H22N4O2/c1-3-18(24)20-11-13-4-6-14(7-5-13)12(2)19(25)21-17-10-16(22-23-17)15-8-9-15/h3-7,10,12,15H,1,8-9,11H2,2H3,(H,20,24)(H2,21,22,23,25)/t12-/m0/s1. The summed E-state index contributed by atoms with van der Waals surface area (Å²) in [6.07, 6.45) is 3.61. The fraction of sp³-hybridized carbons (Fsp3) is 0.316. The molecule has 2 amide bonds. The average Bonchev–Trinajstić information content (AvgIpc) is 3.39. The van der Waals surface area contributed by atoms with Crippen molar-refractivity contribution in [2.24, 2.45) is 0 Å². The lowest BCUT2D eigenvalue weighted by Gasteiger charge is -2.12. The third-order valence-electron chi connectivity index (χ3n) is 4.39. The highest BCUT2D eigenvalue weighted by atomic mass is 16.2. The van der Waals surface area contributed by atoms with Gasteiger partial charge in [0.25, 0.3) is 0 Å². The monoisotopic (exact) mass is 338 g/mol. The minimum Gasteiger partial charge on any atom is -0.348 e. The second-order valence-corrected chi connectivity index (χ2v) is 6.36. The molecule has 6 nitrogen and oxygen atoms in total. The topological polar surface area (TPSA) is 86.9 Å². The zero-order valence-electron chi connectivity index (χ0n) is 14.2. The van der Waals surface area contributed by atoms with Gasteiger partial charge in [0.2, 0.25) is 11.8 Å². The summed E-state index contributed by atoms with van der Waals surface area (Å²) in [5.74, 6) is 0.549. The molecule has 25 heavy (non-hydrogen) atoms. The van der Waals surface area contributed by atoms with E-state index in [2.05, 4.69) is 27.4 Å². The summed E-state index contributed by atoms with van der Waals surface area (Å²) >= 11 is 0. The molecule has 1 aromatic heterocycles. The SMILES string of the molecule is C=CC(=O)NCc1ccc([C@H](C)C(=O)Nc2cc(C3CC3)[nH]n2)cc1. The van der Waals surface area contributed by atoms with Gasteiger partial charge in [0.05, 0.1) is 5.92 Å². The summed E-state index contributed by atoms with van der Waals surface area (Å²) in [5.41, 5.74) is 2.97.